The molecule has 0 aliphatic heterocycles. The van der Waals surface area contributed by atoms with Crippen molar-refractivity contribution >= 4 is 17.3 Å². The third-order valence-corrected chi connectivity index (χ3v) is 3.49. The first kappa shape index (κ1) is 14.0. The minimum absolute atomic E-state index is 0.789. The van der Waals surface area contributed by atoms with Gasteiger partial charge in [-0.05, 0) is 49.4 Å². The molecule has 2 aromatic carbocycles. The third kappa shape index (κ3) is 4.60. The largest absolute Gasteiger partial charge is 0.385 e. The van der Waals surface area contributed by atoms with E-state index in [0.717, 1.165) is 23.7 Å². The van der Waals surface area contributed by atoms with Crippen LogP contribution >= 0.6 is 11.6 Å². The Labute approximate surface area is 120 Å². The van der Waals surface area contributed by atoms with E-state index in [-0.39, 0.29) is 0 Å². The van der Waals surface area contributed by atoms with Crippen molar-refractivity contribution in [1.29, 1.82) is 0 Å². The van der Waals surface area contributed by atoms with Gasteiger partial charge in [0.05, 0.1) is 0 Å². The molecule has 100 valence electrons. The summed E-state index contributed by atoms with van der Waals surface area (Å²) in [7, 11) is 0. The third-order valence-electron chi connectivity index (χ3n) is 3.25. The fraction of sp³-hybridized carbons (Fsp3) is 0.294. The van der Waals surface area contributed by atoms with Gasteiger partial charge in [0.15, 0.2) is 0 Å². The maximum atomic E-state index is 6.00. The fourth-order valence-corrected chi connectivity index (χ4v) is 2.28. The highest BCUT2D eigenvalue weighted by Gasteiger charge is 1.98. The monoisotopic (exact) mass is 273 g/mol. The van der Waals surface area contributed by atoms with Crippen molar-refractivity contribution in [3.8, 4) is 0 Å². The second kappa shape index (κ2) is 7.20. The normalized spacial score (nSPS) is 10.4. The van der Waals surface area contributed by atoms with Gasteiger partial charge in [-0.2, -0.15) is 0 Å². The molecule has 0 heterocycles. The zero-order valence-corrected chi connectivity index (χ0v) is 12.1. The van der Waals surface area contributed by atoms with Crippen molar-refractivity contribution in [3.63, 3.8) is 0 Å². The molecule has 1 nitrogen and oxygen atoms in total. The predicted octanol–water partition coefficient (Wildman–Crippen LogP) is 5.08. The molecule has 0 saturated heterocycles. The number of hydrogen-bond acceptors (Lipinski definition) is 1. The Bertz CT molecular complexity index is 508. The molecule has 0 atom stereocenters. The molecular formula is C17H20ClN. The maximum Gasteiger partial charge on any atom is 0.0426 e. The van der Waals surface area contributed by atoms with E-state index >= 15 is 0 Å². The zero-order chi connectivity index (χ0) is 13.5. The molecule has 0 spiro atoms. The molecule has 19 heavy (non-hydrogen) atoms. The lowest BCUT2D eigenvalue weighted by molar-refractivity contribution is 0.763. The summed E-state index contributed by atoms with van der Waals surface area (Å²) in [6.45, 7) is 3.09. The van der Waals surface area contributed by atoms with Gasteiger partial charge in [0.25, 0.3) is 0 Å². The number of anilines is 1. The van der Waals surface area contributed by atoms with Gasteiger partial charge in [0, 0.05) is 17.3 Å². The average Bonchev–Trinajstić information content (AvgIpc) is 2.43. The molecule has 0 bridgehead atoms. The molecule has 2 aromatic rings. The summed E-state index contributed by atoms with van der Waals surface area (Å²) in [5.41, 5.74) is 3.81. The molecule has 2 heteroatoms. The van der Waals surface area contributed by atoms with Crippen LogP contribution in [0.5, 0.6) is 0 Å². The highest BCUT2D eigenvalue weighted by molar-refractivity contribution is 6.30. The topological polar surface area (TPSA) is 12.0 Å². The van der Waals surface area contributed by atoms with E-state index in [9.17, 15) is 0 Å². The van der Waals surface area contributed by atoms with E-state index in [0.29, 0.717) is 0 Å². The zero-order valence-electron chi connectivity index (χ0n) is 11.3. The van der Waals surface area contributed by atoms with Crippen LogP contribution in [0.15, 0.2) is 48.5 Å². The number of benzene rings is 2. The smallest absolute Gasteiger partial charge is 0.0426 e. The molecule has 0 amide bonds. The number of unbranched alkanes of at least 4 members (excludes halogenated alkanes) is 1. The quantitative estimate of drug-likeness (QED) is 0.724. The Balaban J connectivity index is 1.71. The van der Waals surface area contributed by atoms with Crippen molar-refractivity contribution in [2.24, 2.45) is 0 Å². The van der Waals surface area contributed by atoms with Gasteiger partial charge in [-0.15, -0.1) is 0 Å². The molecular weight excluding hydrogens is 254 g/mol. The molecule has 0 unspecified atom stereocenters. The van der Waals surface area contributed by atoms with Crippen LogP contribution in [-0.2, 0) is 6.42 Å². The van der Waals surface area contributed by atoms with E-state index in [2.05, 4.69) is 48.6 Å². The van der Waals surface area contributed by atoms with E-state index in [1.54, 1.807) is 0 Å². The van der Waals surface area contributed by atoms with E-state index in [4.69, 9.17) is 11.6 Å². The van der Waals surface area contributed by atoms with Crippen LogP contribution < -0.4 is 5.32 Å². The standard InChI is InChI=1S/C17H20ClN/c1-14-10-11-16(18)13-17(14)19-12-6-5-9-15-7-3-2-4-8-15/h2-4,7-8,10-11,13,19H,5-6,9,12H2,1H3. The van der Waals surface area contributed by atoms with Gasteiger partial charge in [0.2, 0.25) is 0 Å². The lowest BCUT2D eigenvalue weighted by Crippen LogP contribution is -2.03. The van der Waals surface area contributed by atoms with Gasteiger partial charge in [-0.25, -0.2) is 0 Å². The molecule has 2 rings (SSSR count). The summed E-state index contributed by atoms with van der Waals surface area (Å²) in [4.78, 5) is 0. The summed E-state index contributed by atoms with van der Waals surface area (Å²) in [5.74, 6) is 0. The molecule has 1 N–H and O–H groups in total. The minimum atomic E-state index is 0.789. The first-order valence-electron chi connectivity index (χ1n) is 6.79. The van der Waals surface area contributed by atoms with Crippen LogP contribution in [0.3, 0.4) is 0 Å². The van der Waals surface area contributed by atoms with Crippen molar-refractivity contribution in [2.75, 3.05) is 11.9 Å². The average molecular weight is 274 g/mol. The summed E-state index contributed by atoms with van der Waals surface area (Å²) in [6, 6.07) is 16.6. The second-order valence-electron chi connectivity index (χ2n) is 4.83. The SMILES string of the molecule is Cc1ccc(Cl)cc1NCCCCc1ccccc1. The van der Waals surface area contributed by atoms with Crippen LogP contribution in [0.4, 0.5) is 5.69 Å². The van der Waals surface area contributed by atoms with Crippen LogP contribution in [0.2, 0.25) is 5.02 Å². The molecule has 0 saturated carbocycles. The first-order valence-corrected chi connectivity index (χ1v) is 7.17. The minimum Gasteiger partial charge on any atom is -0.385 e. The van der Waals surface area contributed by atoms with Crippen LogP contribution in [0, 0.1) is 6.92 Å². The van der Waals surface area contributed by atoms with Crippen molar-refractivity contribution in [2.45, 2.75) is 26.2 Å². The van der Waals surface area contributed by atoms with Gasteiger partial charge < -0.3 is 5.32 Å². The summed E-state index contributed by atoms with van der Waals surface area (Å²) in [5, 5.41) is 4.24. The van der Waals surface area contributed by atoms with Crippen LogP contribution in [0.25, 0.3) is 0 Å². The predicted molar refractivity (Wildman–Crippen MR) is 84.1 cm³/mol. The highest BCUT2D eigenvalue weighted by atomic mass is 35.5. The summed E-state index contributed by atoms with van der Waals surface area (Å²) < 4.78 is 0. The van der Waals surface area contributed by atoms with Crippen molar-refractivity contribution < 1.29 is 0 Å². The van der Waals surface area contributed by atoms with Gasteiger partial charge >= 0.3 is 0 Å². The molecule has 0 aliphatic carbocycles. The number of nitrogens with one attached hydrogen (secondary N) is 1. The Kier molecular flexibility index (Phi) is 5.29. The van der Waals surface area contributed by atoms with E-state index in [1.165, 1.54) is 24.0 Å². The Hall–Kier alpha value is -1.47. The number of halogens is 1. The molecule has 0 aromatic heterocycles. The van der Waals surface area contributed by atoms with Crippen molar-refractivity contribution in [1.82, 2.24) is 0 Å². The number of aryl methyl sites for hydroxylation is 2. The molecule has 0 radical (unpaired) electrons. The maximum absolute atomic E-state index is 6.00. The Morgan fingerprint density at radius 1 is 1.00 bits per heavy atom. The van der Waals surface area contributed by atoms with E-state index < -0.39 is 0 Å². The second-order valence-corrected chi connectivity index (χ2v) is 5.27. The Morgan fingerprint density at radius 2 is 1.79 bits per heavy atom. The van der Waals surface area contributed by atoms with E-state index in [1.807, 2.05) is 12.1 Å². The highest BCUT2D eigenvalue weighted by Crippen LogP contribution is 2.20. The number of rotatable bonds is 6. The van der Waals surface area contributed by atoms with Crippen LogP contribution in [0.1, 0.15) is 24.0 Å². The fourth-order valence-electron chi connectivity index (χ4n) is 2.11. The molecule has 0 aliphatic rings. The number of hydrogen-bond donors (Lipinski definition) is 1. The summed E-state index contributed by atoms with van der Waals surface area (Å²) in [6.07, 6.45) is 3.52. The summed E-state index contributed by atoms with van der Waals surface area (Å²) >= 11 is 6.00. The van der Waals surface area contributed by atoms with Gasteiger partial charge in [-0.1, -0.05) is 48.0 Å². The Morgan fingerprint density at radius 3 is 2.58 bits per heavy atom. The van der Waals surface area contributed by atoms with Gasteiger partial charge in [0.1, 0.15) is 0 Å². The molecule has 0 fully saturated rings. The lowest BCUT2D eigenvalue weighted by atomic mass is 10.1. The first-order chi connectivity index (χ1) is 9.25. The van der Waals surface area contributed by atoms with Crippen LogP contribution in [-0.4, -0.2) is 6.54 Å². The van der Waals surface area contributed by atoms with Crippen molar-refractivity contribution in [3.05, 3.63) is 64.7 Å². The lowest BCUT2D eigenvalue weighted by Gasteiger charge is -2.09. The van der Waals surface area contributed by atoms with Gasteiger partial charge in [-0.3, -0.25) is 0 Å².